The maximum absolute atomic E-state index is 12.5. The molecular weight excluding hydrogens is 446 g/mol. The topological polar surface area (TPSA) is 90.8 Å². The number of amides is 2. The number of nitrogens with zero attached hydrogens (tertiary/aromatic N) is 1. The van der Waals surface area contributed by atoms with Crippen LogP contribution < -0.4 is 10.7 Å². The van der Waals surface area contributed by atoms with Gasteiger partial charge in [0, 0.05) is 16.1 Å². The Kier molecular flexibility index (Phi) is 7.13. The fourth-order valence-electron chi connectivity index (χ4n) is 2.55. The fourth-order valence-corrected chi connectivity index (χ4v) is 2.93. The van der Waals surface area contributed by atoms with Gasteiger partial charge in [0.1, 0.15) is 5.75 Å². The van der Waals surface area contributed by atoms with E-state index in [1.54, 1.807) is 42.5 Å². The monoisotopic (exact) mass is 463 g/mol. The number of anilines is 1. The number of halogens is 1. The molecule has 0 bridgehead atoms. The predicted molar refractivity (Wildman–Crippen MR) is 121 cm³/mol. The number of carbonyl (C=O) groups excluding carboxylic acids is 2. The molecule has 0 aliphatic carbocycles. The van der Waals surface area contributed by atoms with Gasteiger partial charge in [-0.25, -0.2) is 5.43 Å². The maximum atomic E-state index is 12.5. The van der Waals surface area contributed by atoms with Gasteiger partial charge < -0.3 is 10.4 Å². The molecule has 0 atom stereocenters. The smallest absolute Gasteiger partial charge is 0.273 e. The summed E-state index contributed by atoms with van der Waals surface area (Å²) >= 11 is 3.31. The molecule has 0 unspecified atom stereocenters. The van der Waals surface area contributed by atoms with Crippen LogP contribution >= 0.6 is 15.9 Å². The van der Waals surface area contributed by atoms with E-state index >= 15 is 0 Å². The van der Waals surface area contributed by atoms with Crippen LogP contribution in [0.2, 0.25) is 0 Å². The number of phenolic OH excluding ortho intramolecular Hbond substituents is 1. The lowest BCUT2D eigenvalue weighted by Crippen LogP contribution is -2.20. The molecule has 0 radical (unpaired) electrons. The van der Waals surface area contributed by atoms with E-state index in [4.69, 9.17) is 0 Å². The van der Waals surface area contributed by atoms with Gasteiger partial charge in [0.15, 0.2) is 0 Å². The number of hydrazone groups is 1. The summed E-state index contributed by atoms with van der Waals surface area (Å²) in [6, 6.07) is 20.9. The number of aromatic hydroxyl groups is 1. The van der Waals surface area contributed by atoms with Crippen molar-refractivity contribution in [1.82, 2.24) is 5.43 Å². The fraction of sp³-hybridized carbons (Fsp3) is 0. The molecule has 0 aliphatic heterocycles. The highest BCUT2D eigenvalue weighted by molar-refractivity contribution is 9.10. The lowest BCUT2D eigenvalue weighted by molar-refractivity contribution is -0.111. The Morgan fingerprint density at radius 2 is 1.70 bits per heavy atom. The van der Waals surface area contributed by atoms with E-state index in [2.05, 4.69) is 31.8 Å². The van der Waals surface area contributed by atoms with Gasteiger partial charge in [0.25, 0.3) is 5.91 Å². The summed E-state index contributed by atoms with van der Waals surface area (Å²) in [5.41, 5.74) is 4.35. The van der Waals surface area contributed by atoms with Crippen LogP contribution in [0.15, 0.2) is 88.4 Å². The minimum atomic E-state index is -0.497. The van der Waals surface area contributed by atoms with Crippen molar-refractivity contribution in [2.24, 2.45) is 5.10 Å². The van der Waals surface area contributed by atoms with Crippen molar-refractivity contribution < 1.29 is 14.7 Å². The van der Waals surface area contributed by atoms with Crippen LogP contribution in [-0.4, -0.2) is 23.1 Å². The normalized spacial score (nSPS) is 11.0. The zero-order chi connectivity index (χ0) is 21.3. The molecule has 0 aromatic heterocycles. The molecule has 7 heteroatoms. The van der Waals surface area contributed by atoms with Crippen LogP contribution in [0.4, 0.5) is 5.69 Å². The van der Waals surface area contributed by atoms with Crippen molar-refractivity contribution in [3.63, 3.8) is 0 Å². The van der Waals surface area contributed by atoms with Crippen molar-refractivity contribution in [3.05, 3.63) is 100 Å². The Bertz CT molecular complexity index is 1110. The average molecular weight is 464 g/mol. The highest BCUT2D eigenvalue weighted by Gasteiger charge is 2.11. The Labute approximate surface area is 182 Å². The molecule has 0 aliphatic rings. The lowest BCUT2D eigenvalue weighted by atomic mass is 10.1. The maximum Gasteiger partial charge on any atom is 0.273 e. The highest BCUT2D eigenvalue weighted by atomic mass is 79.9. The molecule has 0 spiro atoms. The van der Waals surface area contributed by atoms with Gasteiger partial charge >= 0.3 is 0 Å². The molecule has 0 fully saturated rings. The molecule has 3 aromatic carbocycles. The predicted octanol–water partition coefficient (Wildman–Crippen LogP) is 4.57. The standard InChI is InChI=1S/C23H18BrN3O3/c24-18-11-12-21(28)17(14-18)15-25-27-23(30)19-8-4-5-9-20(19)26-22(29)13-10-16-6-2-1-3-7-16/h1-15,28H,(H,26,29)(H,27,30)/b13-10+,25-15-. The number of rotatable bonds is 6. The van der Waals surface area contributed by atoms with Gasteiger partial charge in [-0.15, -0.1) is 0 Å². The zero-order valence-corrected chi connectivity index (χ0v) is 17.3. The molecular formula is C23H18BrN3O3. The zero-order valence-electron chi connectivity index (χ0n) is 15.7. The van der Waals surface area contributed by atoms with Gasteiger partial charge in [-0.1, -0.05) is 58.4 Å². The second-order valence-corrected chi connectivity index (χ2v) is 7.10. The highest BCUT2D eigenvalue weighted by Crippen LogP contribution is 2.20. The number of hydrogen-bond donors (Lipinski definition) is 3. The van der Waals surface area contributed by atoms with Crippen molar-refractivity contribution in [2.45, 2.75) is 0 Å². The first-order valence-electron chi connectivity index (χ1n) is 8.98. The van der Waals surface area contributed by atoms with E-state index in [0.717, 1.165) is 10.0 Å². The first-order valence-corrected chi connectivity index (χ1v) is 9.77. The van der Waals surface area contributed by atoms with Crippen LogP contribution in [0.1, 0.15) is 21.5 Å². The van der Waals surface area contributed by atoms with Crippen molar-refractivity contribution in [1.29, 1.82) is 0 Å². The van der Waals surface area contributed by atoms with Gasteiger partial charge in [0.2, 0.25) is 5.91 Å². The molecule has 150 valence electrons. The van der Waals surface area contributed by atoms with Crippen LogP contribution in [0.3, 0.4) is 0 Å². The number of benzene rings is 3. The lowest BCUT2D eigenvalue weighted by Gasteiger charge is -2.08. The number of para-hydroxylation sites is 1. The molecule has 6 nitrogen and oxygen atoms in total. The summed E-state index contributed by atoms with van der Waals surface area (Å²) in [4.78, 5) is 24.7. The van der Waals surface area contributed by atoms with Gasteiger partial charge in [-0.05, 0) is 42.0 Å². The van der Waals surface area contributed by atoms with Crippen LogP contribution in [0, 0.1) is 0 Å². The number of phenols is 1. The van der Waals surface area contributed by atoms with Crippen LogP contribution in [0.5, 0.6) is 5.75 Å². The molecule has 30 heavy (non-hydrogen) atoms. The van der Waals surface area contributed by atoms with E-state index in [1.165, 1.54) is 18.4 Å². The van der Waals surface area contributed by atoms with E-state index in [9.17, 15) is 14.7 Å². The summed E-state index contributed by atoms with van der Waals surface area (Å²) in [5.74, 6) is -0.820. The average Bonchev–Trinajstić information content (AvgIpc) is 2.76. The van der Waals surface area contributed by atoms with E-state index in [-0.39, 0.29) is 17.2 Å². The Hall–Kier alpha value is -3.71. The summed E-state index contributed by atoms with van der Waals surface area (Å²) in [7, 11) is 0. The van der Waals surface area contributed by atoms with Gasteiger partial charge in [-0.2, -0.15) is 5.10 Å². The third-order valence-corrected chi connectivity index (χ3v) is 4.51. The summed E-state index contributed by atoms with van der Waals surface area (Å²) < 4.78 is 0.768. The third kappa shape index (κ3) is 5.89. The van der Waals surface area contributed by atoms with Gasteiger partial charge in [-0.3, -0.25) is 9.59 Å². The molecule has 2 amide bonds. The summed E-state index contributed by atoms with van der Waals surface area (Å²) in [6.07, 6.45) is 4.42. The second kappa shape index (κ2) is 10.2. The molecule has 3 aromatic rings. The Balaban J connectivity index is 1.67. The van der Waals surface area contributed by atoms with Crippen LogP contribution in [-0.2, 0) is 4.79 Å². The third-order valence-electron chi connectivity index (χ3n) is 4.02. The molecule has 0 saturated heterocycles. The second-order valence-electron chi connectivity index (χ2n) is 6.18. The Morgan fingerprint density at radius 1 is 0.967 bits per heavy atom. The Morgan fingerprint density at radius 3 is 2.50 bits per heavy atom. The largest absolute Gasteiger partial charge is 0.507 e. The summed E-state index contributed by atoms with van der Waals surface area (Å²) in [5, 5.41) is 16.4. The number of hydrogen-bond acceptors (Lipinski definition) is 4. The molecule has 0 heterocycles. The molecule has 0 saturated carbocycles. The molecule has 3 rings (SSSR count). The van der Waals surface area contributed by atoms with E-state index in [0.29, 0.717) is 11.3 Å². The van der Waals surface area contributed by atoms with Crippen molar-refractivity contribution >= 4 is 45.7 Å². The minimum absolute atomic E-state index is 0.0362. The quantitative estimate of drug-likeness (QED) is 0.284. The number of nitrogens with one attached hydrogen (secondary N) is 2. The van der Waals surface area contributed by atoms with Crippen molar-refractivity contribution in [3.8, 4) is 5.75 Å². The van der Waals surface area contributed by atoms with E-state index in [1.807, 2.05) is 30.3 Å². The SMILES string of the molecule is O=C(/C=C/c1ccccc1)Nc1ccccc1C(=O)N/N=C\c1cc(Br)ccc1O. The minimum Gasteiger partial charge on any atom is -0.507 e. The first kappa shape index (κ1) is 21.0. The summed E-state index contributed by atoms with van der Waals surface area (Å²) in [6.45, 7) is 0. The number of carbonyl (C=O) groups is 2. The van der Waals surface area contributed by atoms with E-state index < -0.39 is 5.91 Å². The molecule has 3 N–H and O–H groups in total. The van der Waals surface area contributed by atoms with Crippen LogP contribution in [0.25, 0.3) is 6.08 Å². The first-order chi connectivity index (χ1) is 14.5. The van der Waals surface area contributed by atoms with Crippen molar-refractivity contribution in [2.75, 3.05) is 5.32 Å². The van der Waals surface area contributed by atoms with Gasteiger partial charge in [0.05, 0.1) is 17.5 Å².